The highest BCUT2D eigenvalue weighted by atomic mass is 16.2. The Balaban J connectivity index is 0.000000686. The first-order valence-corrected chi connectivity index (χ1v) is 5.38. The molecule has 2 rings (SSSR count). The Bertz CT molecular complexity index is 551. The van der Waals surface area contributed by atoms with Crippen LogP contribution in [-0.2, 0) is 6.42 Å². The fraction of sp³-hybridized carbons (Fsp3) is 0.455. The van der Waals surface area contributed by atoms with Crippen molar-refractivity contribution in [2.45, 2.75) is 26.7 Å². The SMILES string of the molecule is CCCc1cnc2nc(C)[nH]c(=O)c2n1.CO. The molecule has 2 heterocycles. The number of hydrogen-bond acceptors (Lipinski definition) is 5. The van der Waals surface area contributed by atoms with Crippen LogP contribution in [0.15, 0.2) is 11.0 Å². The highest BCUT2D eigenvalue weighted by Gasteiger charge is 2.05. The lowest BCUT2D eigenvalue weighted by Gasteiger charge is -2.00. The largest absolute Gasteiger partial charge is 0.400 e. The molecular formula is C11H16N4O2. The third-order valence-corrected chi connectivity index (χ3v) is 2.09. The number of aryl methyl sites for hydroxylation is 2. The molecule has 0 radical (unpaired) electrons. The monoisotopic (exact) mass is 236 g/mol. The van der Waals surface area contributed by atoms with Gasteiger partial charge in [-0.3, -0.25) is 4.79 Å². The summed E-state index contributed by atoms with van der Waals surface area (Å²) in [7, 11) is 1.00. The van der Waals surface area contributed by atoms with E-state index in [9.17, 15) is 4.79 Å². The van der Waals surface area contributed by atoms with E-state index in [0.29, 0.717) is 17.0 Å². The maximum Gasteiger partial charge on any atom is 0.279 e. The Morgan fingerprint density at radius 1 is 1.35 bits per heavy atom. The number of fused-ring (bicyclic) bond motifs is 1. The molecule has 0 fully saturated rings. The molecule has 2 N–H and O–H groups in total. The second-order valence-corrected chi connectivity index (χ2v) is 3.43. The van der Waals surface area contributed by atoms with Crippen molar-refractivity contribution in [2.24, 2.45) is 0 Å². The van der Waals surface area contributed by atoms with Crippen LogP contribution in [0.1, 0.15) is 24.9 Å². The fourth-order valence-corrected chi connectivity index (χ4v) is 1.44. The predicted octanol–water partition coefficient (Wildman–Crippen LogP) is 0.583. The van der Waals surface area contributed by atoms with Crippen molar-refractivity contribution in [3.8, 4) is 0 Å². The van der Waals surface area contributed by atoms with Crippen molar-refractivity contribution < 1.29 is 5.11 Å². The van der Waals surface area contributed by atoms with Gasteiger partial charge in [-0.15, -0.1) is 0 Å². The molecule has 0 saturated carbocycles. The lowest BCUT2D eigenvalue weighted by Crippen LogP contribution is -2.13. The number of aliphatic hydroxyl groups is 1. The number of rotatable bonds is 2. The number of hydrogen-bond donors (Lipinski definition) is 2. The van der Waals surface area contributed by atoms with Crippen molar-refractivity contribution >= 4 is 11.2 Å². The second kappa shape index (κ2) is 6.05. The first-order chi connectivity index (χ1) is 8.20. The standard InChI is InChI=1S/C10H12N4O.CH4O/c1-3-4-7-5-11-9-8(14-7)10(15)13-6(2)12-9;1-2/h5H,3-4H2,1-2H3,(H,11,12,13,15);2H,1H3. The van der Waals surface area contributed by atoms with E-state index >= 15 is 0 Å². The third-order valence-electron chi connectivity index (χ3n) is 2.09. The van der Waals surface area contributed by atoms with E-state index in [1.165, 1.54) is 0 Å². The topological polar surface area (TPSA) is 91.8 Å². The lowest BCUT2D eigenvalue weighted by atomic mass is 10.2. The van der Waals surface area contributed by atoms with Crippen LogP contribution < -0.4 is 5.56 Å². The molecule has 0 amide bonds. The maximum atomic E-state index is 11.6. The molecule has 0 aliphatic rings. The summed E-state index contributed by atoms with van der Waals surface area (Å²) < 4.78 is 0. The smallest absolute Gasteiger partial charge is 0.279 e. The van der Waals surface area contributed by atoms with Gasteiger partial charge >= 0.3 is 0 Å². The van der Waals surface area contributed by atoms with Gasteiger partial charge in [0.05, 0.1) is 11.9 Å². The quantitative estimate of drug-likeness (QED) is 0.795. The summed E-state index contributed by atoms with van der Waals surface area (Å²) in [5, 5.41) is 7.00. The molecule has 2 aromatic rings. The third kappa shape index (κ3) is 3.07. The molecule has 17 heavy (non-hydrogen) atoms. The van der Waals surface area contributed by atoms with E-state index in [0.717, 1.165) is 25.6 Å². The summed E-state index contributed by atoms with van der Waals surface area (Å²) in [5.41, 5.74) is 1.35. The number of nitrogens with one attached hydrogen (secondary N) is 1. The average Bonchev–Trinajstić information content (AvgIpc) is 2.33. The van der Waals surface area contributed by atoms with E-state index in [1.54, 1.807) is 13.1 Å². The molecule has 2 aromatic heterocycles. The van der Waals surface area contributed by atoms with Crippen LogP contribution in [0.25, 0.3) is 11.2 Å². The Morgan fingerprint density at radius 2 is 2.06 bits per heavy atom. The Hall–Kier alpha value is -1.82. The second-order valence-electron chi connectivity index (χ2n) is 3.43. The van der Waals surface area contributed by atoms with Crippen molar-refractivity contribution in [3.05, 3.63) is 28.1 Å². The summed E-state index contributed by atoms with van der Waals surface area (Å²) >= 11 is 0. The molecule has 0 saturated heterocycles. The molecule has 6 nitrogen and oxygen atoms in total. The molecule has 0 aliphatic carbocycles. The van der Waals surface area contributed by atoms with Crippen LogP contribution in [0, 0.1) is 6.92 Å². The summed E-state index contributed by atoms with van der Waals surface area (Å²) in [5.74, 6) is 0.560. The molecule has 0 unspecified atom stereocenters. The van der Waals surface area contributed by atoms with Gasteiger partial charge in [0.1, 0.15) is 5.82 Å². The number of aromatic amines is 1. The summed E-state index contributed by atoms with van der Waals surface area (Å²) in [6.45, 7) is 3.78. The van der Waals surface area contributed by atoms with E-state index < -0.39 is 0 Å². The lowest BCUT2D eigenvalue weighted by molar-refractivity contribution is 0.399. The summed E-state index contributed by atoms with van der Waals surface area (Å²) in [6.07, 6.45) is 3.49. The van der Waals surface area contributed by atoms with Gasteiger partial charge in [-0.05, 0) is 13.3 Å². The first-order valence-electron chi connectivity index (χ1n) is 5.38. The molecule has 0 atom stereocenters. The fourth-order valence-electron chi connectivity index (χ4n) is 1.44. The van der Waals surface area contributed by atoms with E-state index in [-0.39, 0.29) is 5.56 Å². The Kier molecular flexibility index (Phi) is 4.71. The predicted molar refractivity (Wildman–Crippen MR) is 64.8 cm³/mol. The van der Waals surface area contributed by atoms with Crippen molar-refractivity contribution in [1.29, 1.82) is 0 Å². The molecule has 6 heteroatoms. The maximum absolute atomic E-state index is 11.6. The van der Waals surface area contributed by atoms with E-state index in [2.05, 4.69) is 26.9 Å². The molecular weight excluding hydrogens is 220 g/mol. The summed E-state index contributed by atoms with van der Waals surface area (Å²) in [4.78, 5) is 26.6. The number of aliphatic hydroxyl groups excluding tert-OH is 1. The molecule has 0 aliphatic heterocycles. The molecule has 0 aromatic carbocycles. The zero-order chi connectivity index (χ0) is 12.8. The van der Waals surface area contributed by atoms with Gasteiger partial charge in [0.15, 0.2) is 11.2 Å². The average molecular weight is 236 g/mol. The van der Waals surface area contributed by atoms with Crippen LogP contribution in [0.2, 0.25) is 0 Å². The Labute approximate surface area is 98.8 Å². The normalized spacial score (nSPS) is 9.88. The molecule has 0 spiro atoms. The Morgan fingerprint density at radius 3 is 2.71 bits per heavy atom. The van der Waals surface area contributed by atoms with Gasteiger partial charge in [0.2, 0.25) is 0 Å². The van der Waals surface area contributed by atoms with Gasteiger partial charge in [0, 0.05) is 7.11 Å². The van der Waals surface area contributed by atoms with Crippen LogP contribution in [-0.4, -0.2) is 32.2 Å². The first kappa shape index (κ1) is 13.2. The molecule has 0 bridgehead atoms. The van der Waals surface area contributed by atoms with Gasteiger partial charge in [-0.1, -0.05) is 13.3 Å². The highest BCUT2D eigenvalue weighted by molar-refractivity contribution is 5.67. The number of nitrogens with zero attached hydrogens (tertiary/aromatic N) is 3. The van der Waals surface area contributed by atoms with Crippen molar-refractivity contribution in [1.82, 2.24) is 19.9 Å². The van der Waals surface area contributed by atoms with Gasteiger partial charge in [-0.2, -0.15) is 0 Å². The van der Waals surface area contributed by atoms with Crippen molar-refractivity contribution in [3.63, 3.8) is 0 Å². The van der Waals surface area contributed by atoms with Crippen LogP contribution in [0.3, 0.4) is 0 Å². The van der Waals surface area contributed by atoms with Gasteiger partial charge in [0.25, 0.3) is 5.56 Å². The van der Waals surface area contributed by atoms with Gasteiger partial charge in [-0.25, -0.2) is 15.0 Å². The summed E-state index contributed by atoms with van der Waals surface area (Å²) in [6, 6.07) is 0. The number of H-pyrrole nitrogens is 1. The zero-order valence-corrected chi connectivity index (χ0v) is 10.2. The molecule has 92 valence electrons. The minimum atomic E-state index is -0.219. The van der Waals surface area contributed by atoms with Crippen molar-refractivity contribution in [2.75, 3.05) is 7.11 Å². The van der Waals surface area contributed by atoms with Gasteiger partial charge < -0.3 is 10.1 Å². The van der Waals surface area contributed by atoms with Crippen LogP contribution in [0.4, 0.5) is 0 Å². The van der Waals surface area contributed by atoms with E-state index in [4.69, 9.17) is 5.11 Å². The van der Waals surface area contributed by atoms with Crippen LogP contribution in [0.5, 0.6) is 0 Å². The minimum Gasteiger partial charge on any atom is -0.400 e. The minimum absolute atomic E-state index is 0.219. The van der Waals surface area contributed by atoms with Crippen LogP contribution >= 0.6 is 0 Å². The van der Waals surface area contributed by atoms with E-state index in [1.807, 2.05) is 0 Å². The zero-order valence-electron chi connectivity index (χ0n) is 10.2. The number of aromatic nitrogens is 4. The highest BCUT2D eigenvalue weighted by Crippen LogP contribution is 2.03.